The van der Waals surface area contributed by atoms with E-state index < -0.39 is 6.10 Å². The minimum atomic E-state index is -0.892. The molecule has 0 saturated carbocycles. The van der Waals surface area contributed by atoms with Crippen molar-refractivity contribution in [3.05, 3.63) is 42.0 Å². The van der Waals surface area contributed by atoms with Gasteiger partial charge in [0.15, 0.2) is 0 Å². The molecule has 7 N–H and O–H groups in total. The average molecular weight is 274 g/mol. The summed E-state index contributed by atoms with van der Waals surface area (Å²) in [6, 6.07) is 10.1. The van der Waals surface area contributed by atoms with Crippen LogP contribution in [0.4, 0.5) is 11.4 Å². The molecule has 106 valence electrons. The van der Waals surface area contributed by atoms with Crippen LogP contribution in [0.5, 0.6) is 5.75 Å². The highest BCUT2D eigenvalue weighted by molar-refractivity contribution is 5.78. The minimum Gasteiger partial charge on any atom is -0.508 e. The Balaban J connectivity index is 2.55. The second-order valence-electron chi connectivity index (χ2n) is 4.73. The molecule has 2 aromatic carbocycles. The van der Waals surface area contributed by atoms with E-state index in [-0.39, 0.29) is 18.8 Å². The van der Waals surface area contributed by atoms with Gasteiger partial charge in [0, 0.05) is 17.8 Å². The molecule has 0 aliphatic carbocycles. The third-order valence-corrected chi connectivity index (χ3v) is 3.11. The number of hydrogen-bond donors (Lipinski definition) is 5. The minimum absolute atomic E-state index is 0.136. The summed E-state index contributed by atoms with van der Waals surface area (Å²) in [5.41, 5.74) is 14.9. The molecule has 5 nitrogen and oxygen atoms in total. The molecule has 0 aliphatic heterocycles. The molecule has 0 amide bonds. The fraction of sp³-hybridized carbons (Fsp3) is 0.200. The van der Waals surface area contributed by atoms with Gasteiger partial charge in [0.25, 0.3) is 0 Å². The number of rotatable bonds is 4. The number of nitrogen functional groups attached to an aromatic ring is 2. The molecular formula is C15H18N2O3. The van der Waals surface area contributed by atoms with E-state index in [0.717, 1.165) is 11.1 Å². The molecular weight excluding hydrogens is 256 g/mol. The van der Waals surface area contributed by atoms with Crippen LogP contribution in [-0.4, -0.2) is 28.0 Å². The summed E-state index contributed by atoms with van der Waals surface area (Å²) in [7, 11) is 0. The summed E-state index contributed by atoms with van der Waals surface area (Å²) >= 11 is 0. The second kappa shape index (κ2) is 5.81. The molecule has 1 unspecified atom stereocenters. The van der Waals surface area contributed by atoms with E-state index in [4.69, 9.17) is 16.6 Å². The van der Waals surface area contributed by atoms with Gasteiger partial charge in [-0.2, -0.15) is 0 Å². The highest BCUT2D eigenvalue weighted by Crippen LogP contribution is 2.33. The fourth-order valence-electron chi connectivity index (χ4n) is 2.18. The smallest absolute Gasteiger partial charge is 0.116 e. The SMILES string of the molecule is Nc1cc(N)c(CC(O)CO)c(-c2cccc(O)c2)c1. The van der Waals surface area contributed by atoms with Gasteiger partial charge in [0.2, 0.25) is 0 Å². The Morgan fingerprint density at radius 1 is 1.10 bits per heavy atom. The lowest BCUT2D eigenvalue weighted by molar-refractivity contribution is 0.0957. The van der Waals surface area contributed by atoms with Gasteiger partial charge in [-0.3, -0.25) is 0 Å². The van der Waals surface area contributed by atoms with Crippen LogP contribution in [0.2, 0.25) is 0 Å². The van der Waals surface area contributed by atoms with E-state index in [0.29, 0.717) is 16.9 Å². The van der Waals surface area contributed by atoms with E-state index in [1.54, 1.807) is 30.3 Å². The summed E-state index contributed by atoms with van der Waals surface area (Å²) < 4.78 is 0. The van der Waals surface area contributed by atoms with Crippen molar-refractivity contribution in [2.45, 2.75) is 12.5 Å². The number of nitrogens with two attached hydrogens (primary N) is 2. The molecule has 0 heterocycles. The average Bonchev–Trinajstić information content (AvgIpc) is 2.41. The maximum Gasteiger partial charge on any atom is 0.116 e. The molecule has 0 spiro atoms. The number of aliphatic hydroxyl groups is 2. The normalized spacial score (nSPS) is 12.3. The molecule has 0 aliphatic rings. The molecule has 1 atom stereocenters. The molecule has 0 aromatic heterocycles. The molecule has 0 radical (unpaired) electrons. The van der Waals surface area contributed by atoms with Crippen molar-refractivity contribution in [2.75, 3.05) is 18.1 Å². The summed E-state index contributed by atoms with van der Waals surface area (Å²) in [6.45, 7) is -0.344. The first-order chi connectivity index (χ1) is 9.51. The summed E-state index contributed by atoms with van der Waals surface area (Å²) in [4.78, 5) is 0. The lowest BCUT2D eigenvalue weighted by Gasteiger charge is -2.16. The zero-order valence-electron chi connectivity index (χ0n) is 11.0. The van der Waals surface area contributed by atoms with E-state index in [9.17, 15) is 10.2 Å². The third-order valence-electron chi connectivity index (χ3n) is 3.11. The van der Waals surface area contributed by atoms with Crippen molar-refractivity contribution in [2.24, 2.45) is 0 Å². The van der Waals surface area contributed by atoms with Gasteiger partial charge < -0.3 is 26.8 Å². The molecule has 0 saturated heterocycles. The number of hydrogen-bond acceptors (Lipinski definition) is 5. The predicted octanol–water partition coefficient (Wildman–Crippen LogP) is 1.12. The molecule has 5 heteroatoms. The van der Waals surface area contributed by atoms with Crippen molar-refractivity contribution >= 4 is 11.4 Å². The number of aliphatic hydroxyl groups excluding tert-OH is 2. The molecule has 20 heavy (non-hydrogen) atoms. The van der Waals surface area contributed by atoms with Crippen LogP contribution in [-0.2, 0) is 6.42 Å². The zero-order chi connectivity index (χ0) is 14.7. The quantitative estimate of drug-likeness (QED) is 0.536. The van der Waals surface area contributed by atoms with Gasteiger partial charge in [-0.25, -0.2) is 0 Å². The standard InChI is InChI=1S/C15H18N2O3/c16-10-5-13(9-2-1-3-11(19)4-9)14(15(17)6-10)7-12(20)8-18/h1-6,12,18-20H,7-8,16-17H2. The molecule has 2 rings (SSSR count). The van der Waals surface area contributed by atoms with E-state index in [2.05, 4.69) is 0 Å². The van der Waals surface area contributed by atoms with Crippen molar-refractivity contribution < 1.29 is 15.3 Å². The van der Waals surface area contributed by atoms with Crippen LogP contribution in [0.25, 0.3) is 11.1 Å². The summed E-state index contributed by atoms with van der Waals surface area (Å²) in [5.74, 6) is 0.136. The van der Waals surface area contributed by atoms with E-state index in [1.165, 1.54) is 0 Å². The monoisotopic (exact) mass is 274 g/mol. The van der Waals surface area contributed by atoms with Gasteiger partial charge in [-0.1, -0.05) is 12.1 Å². The Kier molecular flexibility index (Phi) is 4.12. The van der Waals surface area contributed by atoms with Crippen molar-refractivity contribution in [3.8, 4) is 16.9 Å². The number of aromatic hydroxyl groups is 1. The van der Waals surface area contributed by atoms with Crippen molar-refractivity contribution in [1.82, 2.24) is 0 Å². The molecule has 0 fully saturated rings. The maximum absolute atomic E-state index is 9.64. The van der Waals surface area contributed by atoms with E-state index in [1.807, 2.05) is 6.07 Å². The van der Waals surface area contributed by atoms with Gasteiger partial charge >= 0.3 is 0 Å². The van der Waals surface area contributed by atoms with Crippen LogP contribution >= 0.6 is 0 Å². The topological polar surface area (TPSA) is 113 Å². The first kappa shape index (κ1) is 14.2. The van der Waals surface area contributed by atoms with Gasteiger partial charge in [0.1, 0.15) is 5.75 Å². The Morgan fingerprint density at radius 2 is 1.85 bits per heavy atom. The number of phenolic OH excluding ortho intramolecular Hbond substituents is 1. The third kappa shape index (κ3) is 3.01. The van der Waals surface area contributed by atoms with E-state index >= 15 is 0 Å². The highest BCUT2D eigenvalue weighted by Gasteiger charge is 2.14. The number of phenols is 1. The Hall–Kier alpha value is -2.24. The van der Waals surface area contributed by atoms with Crippen LogP contribution < -0.4 is 11.5 Å². The first-order valence-electron chi connectivity index (χ1n) is 6.27. The van der Waals surface area contributed by atoms with Crippen molar-refractivity contribution in [3.63, 3.8) is 0 Å². The highest BCUT2D eigenvalue weighted by atomic mass is 16.3. The summed E-state index contributed by atoms with van der Waals surface area (Å²) in [6.07, 6.45) is -0.676. The Labute approximate surface area is 117 Å². The first-order valence-corrected chi connectivity index (χ1v) is 6.27. The van der Waals surface area contributed by atoms with Crippen LogP contribution in [0.1, 0.15) is 5.56 Å². The largest absolute Gasteiger partial charge is 0.508 e. The Bertz CT molecular complexity index is 614. The number of benzene rings is 2. The Morgan fingerprint density at radius 3 is 2.50 bits per heavy atom. The second-order valence-corrected chi connectivity index (χ2v) is 4.73. The van der Waals surface area contributed by atoms with Crippen LogP contribution in [0, 0.1) is 0 Å². The molecule has 0 bridgehead atoms. The lowest BCUT2D eigenvalue weighted by Crippen LogP contribution is -2.17. The zero-order valence-corrected chi connectivity index (χ0v) is 11.0. The van der Waals surface area contributed by atoms with Gasteiger partial charge in [-0.15, -0.1) is 0 Å². The van der Waals surface area contributed by atoms with Crippen molar-refractivity contribution in [1.29, 1.82) is 0 Å². The lowest BCUT2D eigenvalue weighted by atomic mass is 9.93. The maximum atomic E-state index is 9.64. The fourth-order valence-corrected chi connectivity index (χ4v) is 2.18. The molecule has 2 aromatic rings. The van der Waals surface area contributed by atoms with Gasteiger partial charge in [0.05, 0.1) is 12.7 Å². The predicted molar refractivity (Wildman–Crippen MR) is 79.2 cm³/mol. The van der Waals surface area contributed by atoms with Crippen LogP contribution in [0.3, 0.4) is 0 Å². The number of anilines is 2. The summed E-state index contributed by atoms with van der Waals surface area (Å²) in [5, 5.41) is 28.2. The van der Waals surface area contributed by atoms with Gasteiger partial charge in [-0.05, 0) is 41.0 Å². The van der Waals surface area contributed by atoms with Crippen LogP contribution in [0.15, 0.2) is 36.4 Å².